The van der Waals surface area contributed by atoms with Crippen LogP contribution in [0.4, 0.5) is 0 Å². The van der Waals surface area contributed by atoms with Gasteiger partial charge in [0.1, 0.15) is 6.33 Å². The quantitative estimate of drug-likeness (QED) is 0.264. The van der Waals surface area contributed by atoms with Crippen LogP contribution in [0.1, 0.15) is 110 Å². The Bertz CT molecular complexity index is 587. The molecule has 0 saturated carbocycles. The van der Waals surface area contributed by atoms with Crippen molar-refractivity contribution < 1.29 is 9.53 Å². The lowest BCUT2D eigenvalue weighted by atomic mass is 10.0. The third-order valence-electron chi connectivity index (χ3n) is 5.10. The summed E-state index contributed by atoms with van der Waals surface area (Å²) in [5, 5.41) is 0. The zero-order valence-corrected chi connectivity index (χ0v) is 18.0. The lowest BCUT2D eigenvalue weighted by Gasteiger charge is -2.06. The molecule has 1 heterocycles. The largest absolute Gasteiger partial charge is 0.392 e. The minimum atomic E-state index is -0.482. The average molecular weight is 394 g/mol. The van der Waals surface area contributed by atoms with Crippen molar-refractivity contribution in [3.63, 3.8) is 0 Å². The van der Waals surface area contributed by atoms with Crippen molar-refractivity contribution in [1.29, 1.82) is 0 Å². The summed E-state index contributed by atoms with van der Waals surface area (Å²) in [5.74, 6) is -0.344. The molecule has 0 aromatic carbocycles. The summed E-state index contributed by atoms with van der Waals surface area (Å²) in [5.41, 5.74) is -0.482. The molecule has 6 heteroatoms. The Morgan fingerprint density at radius 2 is 1.29 bits per heavy atom. The molecule has 0 fully saturated rings. The summed E-state index contributed by atoms with van der Waals surface area (Å²) in [6.07, 6.45) is 20.9. The van der Waals surface area contributed by atoms with Gasteiger partial charge in [-0.15, -0.1) is 0 Å². The number of rotatable bonds is 17. The van der Waals surface area contributed by atoms with E-state index in [2.05, 4.69) is 16.9 Å². The molecule has 0 saturated heterocycles. The van der Waals surface area contributed by atoms with Crippen molar-refractivity contribution in [3.05, 3.63) is 16.8 Å². The molecule has 1 aromatic rings. The lowest BCUT2D eigenvalue weighted by molar-refractivity contribution is -0.135. The minimum Gasteiger partial charge on any atom is -0.392 e. The van der Waals surface area contributed by atoms with Crippen LogP contribution in [0.2, 0.25) is 0 Å². The number of aromatic nitrogens is 3. The first kappa shape index (κ1) is 24.3. The highest BCUT2D eigenvalue weighted by molar-refractivity contribution is 5.71. The second-order valence-electron chi connectivity index (χ2n) is 7.67. The third kappa shape index (κ3) is 11.9. The van der Waals surface area contributed by atoms with Crippen molar-refractivity contribution >= 4 is 5.97 Å². The van der Waals surface area contributed by atoms with Gasteiger partial charge in [-0.25, -0.2) is 9.36 Å². The number of unbranched alkanes of at least 4 members (excludes halogenated alkanes) is 14. The van der Waals surface area contributed by atoms with Crippen LogP contribution in [0.3, 0.4) is 0 Å². The van der Waals surface area contributed by atoms with Crippen LogP contribution < -0.4 is 10.4 Å². The number of nitrogens with zero attached hydrogens (tertiary/aromatic N) is 3. The normalized spacial score (nSPS) is 10.9. The molecular formula is C22H39N3O3. The van der Waals surface area contributed by atoms with Gasteiger partial charge in [-0.2, -0.15) is 9.97 Å². The van der Waals surface area contributed by atoms with Crippen molar-refractivity contribution in [1.82, 2.24) is 14.5 Å². The van der Waals surface area contributed by atoms with Gasteiger partial charge in [-0.05, 0) is 6.42 Å². The van der Waals surface area contributed by atoms with Crippen LogP contribution in [-0.4, -0.2) is 20.5 Å². The van der Waals surface area contributed by atoms with Crippen LogP contribution in [-0.2, 0) is 11.8 Å². The standard InChI is InChI=1S/C22H39N3O3/c1-3-4-5-6-7-8-9-10-11-12-13-14-15-16-17-18-20(26)28-22-24-19-23-21(27)25(22)2/h19H,3-18H2,1-2H3. The molecule has 0 atom stereocenters. The molecular weight excluding hydrogens is 354 g/mol. The number of hydrogen-bond acceptors (Lipinski definition) is 5. The molecule has 0 aliphatic carbocycles. The fraction of sp³-hybridized carbons (Fsp3) is 0.818. The SMILES string of the molecule is CCCCCCCCCCCCCCCCCC(=O)Oc1ncnc(=O)n1C. The van der Waals surface area contributed by atoms with E-state index in [1.807, 2.05) is 0 Å². The molecule has 0 N–H and O–H groups in total. The Morgan fingerprint density at radius 3 is 1.79 bits per heavy atom. The van der Waals surface area contributed by atoms with E-state index in [1.54, 1.807) is 0 Å². The second kappa shape index (κ2) is 16.3. The molecule has 0 unspecified atom stereocenters. The fourth-order valence-corrected chi connectivity index (χ4v) is 3.27. The number of esters is 1. The van der Waals surface area contributed by atoms with E-state index in [9.17, 15) is 9.59 Å². The molecule has 0 radical (unpaired) electrons. The van der Waals surface area contributed by atoms with Crippen molar-refractivity contribution in [2.75, 3.05) is 0 Å². The first-order valence-electron chi connectivity index (χ1n) is 11.2. The first-order valence-corrected chi connectivity index (χ1v) is 11.2. The summed E-state index contributed by atoms with van der Waals surface area (Å²) in [4.78, 5) is 30.5. The number of carbonyl (C=O) groups excluding carboxylic acids is 1. The lowest BCUT2D eigenvalue weighted by Crippen LogP contribution is -2.24. The number of hydrogen-bond donors (Lipinski definition) is 0. The molecule has 1 aromatic heterocycles. The third-order valence-corrected chi connectivity index (χ3v) is 5.10. The molecule has 1 rings (SSSR count). The number of carbonyl (C=O) groups is 1. The summed E-state index contributed by atoms with van der Waals surface area (Å²) in [6, 6.07) is 0.00552. The van der Waals surface area contributed by atoms with Gasteiger partial charge in [0.05, 0.1) is 0 Å². The zero-order chi connectivity index (χ0) is 20.5. The van der Waals surface area contributed by atoms with Gasteiger partial charge < -0.3 is 4.74 Å². The number of ether oxygens (including phenoxy) is 1. The fourth-order valence-electron chi connectivity index (χ4n) is 3.27. The van der Waals surface area contributed by atoms with E-state index in [4.69, 9.17) is 4.74 Å². The van der Waals surface area contributed by atoms with E-state index in [-0.39, 0.29) is 12.0 Å². The average Bonchev–Trinajstić information content (AvgIpc) is 2.68. The summed E-state index contributed by atoms with van der Waals surface area (Å²) in [7, 11) is 1.48. The van der Waals surface area contributed by atoms with E-state index in [1.165, 1.54) is 84.1 Å². The van der Waals surface area contributed by atoms with Gasteiger partial charge in [0.25, 0.3) is 0 Å². The Balaban J connectivity index is 1.88. The Labute approximate surface area is 170 Å². The predicted octanol–water partition coefficient (Wildman–Crippen LogP) is 5.34. The molecule has 0 aliphatic heterocycles. The van der Waals surface area contributed by atoms with Crippen LogP contribution in [0, 0.1) is 0 Å². The van der Waals surface area contributed by atoms with Crippen LogP contribution in [0.25, 0.3) is 0 Å². The molecule has 28 heavy (non-hydrogen) atoms. The smallest absolute Gasteiger partial charge is 0.352 e. The van der Waals surface area contributed by atoms with Crippen LogP contribution >= 0.6 is 0 Å². The highest BCUT2D eigenvalue weighted by atomic mass is 16.5. The van der Waals surface area contributed by atoms with Gasteiger partial charge in [0.2, 0.25) is 0 Å². The van der Waals surface area contributed by atoms with Crippen LogP contribution in [0.15, 0.2) is 11.1 Å². The van der Waals surface area contributed by atoms with E-state index in [0.717, 1.165) is 30.2 Å². The van der Waals surface area contributed by atoms with E-state index >= 15 is 0 Å². The van der Waals surface area contributed by atoms with Crippen molar-refractivity contribution in [3.8, 4) is 6.01 Å². The van der Waals surface area contributed by atoms with E-state index in [0.29, 0.717) is 6.42 Å². The monoisotopic (exact) mass is 393 g/mol. The summed E-state index contributed by atoms with van der Waals surface area (Å²) in [6.45, 7) is 2.26. The minimum absolute atomic E-state index is 0.00552. The molecule has 6 nitrogen and oxygen atoms in total. The van der Waals surface area contributed by atoms with Gasteiger partial charge in [0.15, 0.2) is 0 Å². The van der Waals surface area contributed by atoms with Crippen LogP contribution in [0.5, 0.6) is 6.01 Å². The van der Waals surface area contributed by atoms with Crippen molar-refractivity contribution in [2.45, 2.75) is 110 Å². The Hall–Kier alpha value is -1.72. The molecule has 0 bridgehead atoms. The summed E-state index contributed by atoms with van der Waals surface area (Å²) < 4.78 is 6.25. The van der Waals surface area contributed by atoms with Gasteiger partial charge in [0, 0.05) is 13.5 Å². The molecule has 160 valence electrons. The second-order valence-corrected chi connectivity index (χ2v) is 7.67. The van der Waals surface area contributed by atoms with Gasteiger partial charge in [-0.1, -0.05) is 96.8 Å². The molecule has 0 aliphatic rings. The van der Waals surface area contributed by atoms with E-state index < -0.39 is 5.69 Å². The first-order chi connectivity index (χ1) is 13.6. The highest BCUT2D eigenvalue weighted by Gasteiger charge is 2.09. The Morgan fingerprint density at radius 1 is 0.821 bits per heavy atom. The van der Waals surface area contributed by atoms with Crippen molar-refractivity contribution in [2.24, 2.45) is 7.05 Å². The maximum atomic E-state index is 11.8. The Kier molecular flexibility index (Phi) is 14.1. The predicted molar refractivity (Wildman–Crippen MR) is 112 cm³/mol. The van der Waals surface area contributed by atoms with Gasteiger partial charge in [-0.3, -0.25) is 4.79 Å². The summed E-state index contributed by atoms with van der Waals surface area (Å²) >= 11 is 0. The maximum Gasteiger partial charge on any atom is 0.352 e. The molecule has 0 amide bonds. The van der Waals surface area contributed by atoms with Gasteiger partial charge >= 0.3 is 17.7 Å². The molecule has 0 spiro atoms. The maximum absolute atomic E-state index is 11.8. The topological polar surface area (TPSA) is 74.1 Å². The zero-order valence-electron chi connectivity index (χ0n) is 18.0. The highest BCUT2D eigenvalue weighted by Crippen LogP contribution is 2.14.